The Morgan fingerprint density at radius 1 is 1.13 bits per heavy atom. The SMILES string of the molecule is CCC(NC)C1CCC2(CCCC2)CC1. The summed E-state index contributed by atoms with van der Waals surface area (Å²) < 4.78 is 0. The summed E-state index contributed by atoms with van der Waals surface area (Å²) in [6, 6.07) is 0.781. The highest BCUT2D eigenvalue weighted by molar-refractivity contribution is 4.91. The molecule has 0 amide bonds. The van der Waals surface area contributed by atoms with Crippen molar-refractivity contribution in [2.75, 3.05) is 7.05 Å². The maximum Gasteiger partial charge on any atom is 0.00897 e. The molecular formula is C14H27N. The van der Waals surface area contributed by atoms with E-state index in [9.17, 15) is 0 Å². The Labute approximate surface area is 95.0 Å². The number of rotatable bonds is 3. The van der Waals surface area contributed by atoms with E-state index in [-0.39, 0.29) is 0 Å². The molecule has 2 aliphatic rings. The molecule has 2 saturated carbocycles. The molecule has 2 rings (SSSR count). The Balaban J connectivity index is 1.85. The average molecular weight is 209 g/mol. The van der Waals surface area contributed by atoms with E-state index in [4.69, 9.17) is 0 Å². The van der Waals surface area contributed by atoms with E-state index in [1.807, 2.05) is 0 Å². The lowest BCUT2D eigenvalue weighted by atomic mass is 9.67. The van der Waals surface area contributed by atoms with Gasteiger partial charge in [0, 0.05) is 6.04 Å². The zero-order valence-corrected chi connectivity index (χ0v) is 10.5. The van der Waals surface area contributed by atoms with E-state index >= 15 is 0 Å². The Hall–Kier alpha value is -0.0400. The lowest BCUT2D eigenvalue weighted by Gasteiger charge is -2.40. The van der Waals surface area contributed by atoms with Gasteiger partial charge in [-0.3, -0.25) is 0 Å². The first-order chi connectivity index (χ1) is 7.29. The molecule has 0 aliphatic heterocycles. The van der Waals surface area contributed by atoms with Crippen molar-refractivity contribution in [3.05, 3.63) is 0 Å². The highest BCUT2D eigenvalue weighted by atomic mass is 14.9. The lowest BCUT2D eigenvalue weighted by molar-refractivity contribution is 0.133. The quantitative estimate of drug-likeness (QED) is 0.746. The minimum absolute atomic E-state index is 0.781. The van der Waals surface area contributed by atoms with Crippen LogP contribution in [0.4, 0.5) is 0 Å². The van der Waals surface area contributed by atoms with Gasteiger partial charge >= 0.3 is 0 Å². The molecule has 0 radical (unpaired) electrons. The molecule has 0 bridgehead atoms. The minimum Gasteiger partial charge on any atom is -0.317 e. The molecular weight excluding hydrogens is 182 g/mol. The third-order valence-corrected chi connectivity index (χ3v) is 5.13. The maximum atomic E-state index is 3.50. The zero-order chi connectivity index (χ0) is 10.7. The van der Waals surface area contributed by atoms with Gasteiger partial charge in [-0.1, -0.05) is 19.8 Å². The standard InChI is InChI=1S/C14H27N/c1-3-13(15-2)12-6-10-14(11-7-12)8-4-5-9-14/h12-13,15H,3-11H2,1-2H3. The Morgan fingerprint density at radius 2 is 1.73 bits per heavy atom. The van der Waals surface area contributed by atoms with Gasteiger partial charge in [0.15, 0.2) is 0 Å². The summed E-state index contributed by atoms with van der Waals surface area (Å²) in [5.41, 5.74) is 0.808. The molecule has 0 aromatic heterocycles. The van der Waals surface area contributed by atoms with Gasteiger partial charge in [-0.2, -0.15) is 0 Å². The molecule has 0 aromatic carbocycles. The van der Waals surface area contributed by atoms with Crippen molar-refractivity contribution in [3.63, 3.8) is 0 Å². The van der Waals surface area contributed by atoms with Crippen LogP contribution in [0.3, 0.4) is 0 Å². The summed E-state index contributed by atoms with van der Waals surface area (Å²) in [5, 5.41) is 3.50. The van der Waals surface area contributed by atoms with Gasteiger partial charge in [0.1, 0.15) is 0 Å². The lowest BCUT2D eigenvalue weighted by Crippen LogP contribution is -2.37. The van der Waals surface area contributed by atoms with Crippen LogP contribution in [-0.4, -0.2) is 13.1 Å². The predicted octanol–water partition coefficient (Wildman–Crippen LogP) is 3.74. The molecule has 0 saturated heterocycles. The second kappa shape index (κ2) is 4.86. The van der Waals surface area contributed by atoms with Gasteiger partial charge in [0.05, 0.1) is 0 Å². The predicted molar refractivity (Wildman–Crippen MR) is 66.0 cm³/mol. The van der Waals surface area contributed by atoms with Crippen LogP contribution in [0.15, 0.2) is 0 Å². The van der Waals surface area contributed by atoms with Gasteiger partial charge in [0.25, 0.3) is 0 Å². The van der Waals surface area contributed by atoms with Gasteiger partial charge in [-0.25, -0.2) is 0 Å². The summed E-state index contributed by atoms with van der Waals surface area (Å²) in [4.78, 5) is 0. The summed E-state index contributed by atoms with van der Waals surface area (Å²) in [7, 11) is 2.13. The second-order valence-corrected chi connectivity index (χ2v) is 5.85. The summed E-state index contributed by atoms with van der Waals surface area (Å²) >= 11 is 0. The largest absolute Gasteiger partial charge is 0.317 e. The molecule has 88 valence electrons. The number of hydrogen-bond acceptors (Lipinski definition) is 1. The molecule has 1 unspecified atom stereocenters. The molecule has 1 heteroatoms. The fourth-order valence-electron chi connectivity index (χ4n) is 4.05. The van der Waals surface area contributed by atoms with Crippen molar-refractivity contribution in [1.82, 2.24) is 5.32 Å². The van der Waals surface area contributed by atoms with Crippen LogP contribution in [0, 0.1) is 11.3 Å². The zero-order valence-electron chi connectivity index (χ0n) is 10.5. The summed E-state index contributed by atoms with van der Waals surface area (Å²) in [6.45, 7) is 2.32. The van der Waals surface area contributed by atoms with E-state index in [1.54, 1.807) is 0 Å². The van der Waals surface area contributed by atoms with Crippen LogP contribution in [0.25, 0.3) is 0 Å². The monoisotopic (exact) mass is 209 g/mol. The maximum absolute atomic E-state index is 3.50. The van der Waals surface area contributed by atoms with Crippen molar-refractivity contribution >= 4 is 0 Å². The molecule has 1 N–H and O–H groups in total. The Kier molecular flexibility index (Phi) is 3.71. The van der Waals surface area contributed by atoms with Crippen molar-refractivity contribution in [2.45, 2.75) is 70.8 Å². The Morgan fingerprint density at radius 3 is 2.20 bits per heavy atom. The van der Waals surface area contributed by atoms with Crippen molar-refractivity contribution < 1.29 is 0 Å². The third kappa shape index (κ3) is 2.38. The van der Waals surface area contributed by atoms with Crippen molar-refractivity contribution in [2.24, 2.45) is 11.3 Å². The molecule has 1 atom stereocenters. The molecule has 2 fully saturated rings. The van der Waals surface area contributed by atoms with Crippen LogP contribution in [0.1, 0.15) is 64.7 Å². The van der Waals surface area contributed by atoms with Gasteiger partial charge in [0.2, 0.25) is 0 Å². The Bertz CT molecular complexity index is 180. The van der Waals surface area contributed by atoms with E-state index in [2.05, 4.69) is 19.3 Å². The van der Waals surface area contributed by atoms with Crippen LogP contribution < -0.4 is 5.32 Å². The molecule has 2 aliphatic carbocycles. The number of nitrogens with one attached hydrogen (secondary N) is 1. The third-order valence-electron chi connectivity index (χ3n) is 5.13. The van der Waals surface area contributed by atoms with Crippen LogP contribution >= 0.6 is 0 Å². The highest BCUT2D eigenvalue weighted by Crippen LogP contribution is 2.50. The molecule has 1 spiro atoms. The van der Waals surface area contributed by atoms with E-state index < -0.39 is 0 Å². The van der Waals surface area contributed by atoms with Crippen LogP contribution in [-0.2, 0) is 0 Å². The fourth-order valence-corrected chi connectivity index (χ4v) is 4.05. The normalized spacial score (nSPS) is 28.4. The summed E-state index contributed by atoms with van der Waals surface area (Å²) in [5.74, 6) is 0.964. The number of hydrogen-bond donors (Lipinski definition) is 1. The van der Waals surface area contributed by atoms with Crippen molar-refractivity contribution in [1.29, 1.82) is 0 Å². The van der Waals surface area contributed by atoms with E-state index in [0.717, 1.165) is 17.4 Å². The first kappa shape index (κ1) is 11.4. The molecule has 0 heterocycles. The van der Waals surface area contributed by atoms with Gasteiger partial charge in [-0.05, 0) is 63.3 Å². The van der Waals surface area contributed by atoms with E-state index in [1.165, 1.54) is 57.8 Å². The molecule has 0 aromatic rings. The first-order valence-corrected chi connectivity index (χ1v) is 6.97. The van der Waals surface area contributed by atoms with Gasteiger partial charge in [-0.15, -0.1) is 0 Å². The smallest absolute Gasteiger partial charge is 0.00897 e. The average Bonchev–Trinajstić information content (AvgIpc) is 2.72. The first-order valence-electron chi connectivity index (χ1n) is 6.97. The van der Waals surface area contributed by atoms with Crippen LogP contribution in [0.2, 0.25) is 0 Å². The van der Waals surface area contributed by atoms with E-state index in [0.29, 0.717) is 0 Å². The summed E-state index contributed by atoms with van der Waals surface area (Å²) in [6.07, 6.45) is 13.4. The second-order valence-electron chi connectivity index (χ2n) is 5.85. The molecule has 1 nitrogen and oxygen atoms in total. The topological polar surface area (TPSA) is 12.0 Å². The van der Waals surface area contributed by atoms with Crippen molar-refractivity contribution in [3.8, 4) is 0 Å². The highest BCUT2D eigenvalue weighted by Gasteiger charge is 2.38. The van der Waals surface area contributed by atoms with Gasteiger partial charge < -0.3 is 5.32 Å². The minimum atomic E-state index is 0.781. The fraction of sp³-hybridized carbons (Fsp3) is 1.00. The van der Waals surface area contributed by atoms with Crippen LogP contribution in [0.5, 0.6) is 0 Å². The molecule has 15 heavy (non-hydrogen) atoms.